The lowest BCUT2D eigenvalue weighted by Gasteiger charge is -2.24. The Morgan fingerprint density at radius 3 is 2.77 bits per heavy atom. The Morgan fingerprint density at radius 2 is 2.00 bits per heavy atom. The highest BCUT2D eigenvalue weighted by Crippen LogP contribution is 2.32. The maximum Gasteiger partial charge on any atom is 0.347 e. The molecule has 0 spiro atoms. The SMILES string of the molecule is CCOC(=O)[C@@H]1CCc2cc(Oc3ccccc3)ccc2O1. The third kappa shape index (κ3) is 3.22. The van der Waals surface area contributed by atoms with Crippen molar-refractivity contribution in [3.05, 3.63) is 54.1 Å². The molecule has 0 radical (unpaired) electrons. The van der Waals surface area contributed by atoms with Gasteiger partial charge >= 0.3 is 5.97 Å². The van der Waals surface area contributed by atoms with E-state index in [0.717, 1.165) is 29.2 Å². The second-order valence-electron chi connectivity index (χ2n) is 5.08. The fourth-order valence-electron chi connectivity index (χ4n) is 2.45. The van der Waals surface area contributed by atoms with E-state index in [-0.39, 0.29) is 5.97 Å². The standard InChI is InChI=1S/C18H18O4/c1-2-20-18(19)17-10-8-13-12-15(9-11-16(13)22-17)21-14-6-4-3-5-7-14/h3-7,9,11-12,17H,2,8,10H2,1H3/t17-/m0/s1. The summed E-state index contributed by atoms with van der Waals surface area (Å²) < 4.78 is 16.5. The third-order valence-electron chi connectivity index (χ3n) is 3.51. The summed E-state index contributed by atoms with van der Waals surface area (Å²) in [6.45, 7) is 2.16. The average molecular weight is 298 g/mol. The van der Waals surface area contributed by atoms with Crippen LogP contribution in [0.1, 0.15) is 18.9 Å². The summed E-state index contributed by atoms with van der Waals surface area (Å²) in [5, 5.41) is 0. The maximum absolute atomic E-state index is 11.7. The molecule has 1 atom stereocenters. The fraction of sp³-hybridized carbons (Fsp3) is 0.278. The van der Waals surface area contributed by atoms with E-state index in [2.05, 4.69) is 0 Å². The fourth-order valence-corrected chi connectivity index (χ4v) is 2.45. The molecule has 1 heterocycles. The first-order valence-electron chi connectivity index (χ1n) is 7.45. The van der Waals surface area contributed by atoms with E-state index < -0.39 is 6.10 Å². The van der Waals surface area contributed by atoms with Gasteiger partial charge in [-0.25, -0.2) is 4.79 Å². The minimum Gasteiger partial charge on any atom is -0.478 e. The Labute approximate surface area is 129 Å². The van der Waals surface area contributed by atoms with Gasteiger partial charge in [-0.1, -0.05) is 18.2 Å². The van der Waals surface area contributed by atoms with E-state index in [0.29, 0.717) is 13.0 Å². The molecule has 0 saturated carbocycles. The van der Waals surface area contributed by atoms with Gasteiger partial charge in [0.2, 0.25) is 0 Å². The van der Waals surface area contributed by atoms with Crippen LogP contribution < -0.4 is 9.47 Å². The number of rotatable bonds is 4. The van der Waals surface area contributed by atoms with Gasteiger partial charge in [0, 0.05) is 0 Å². The van der Waals surface area contributed by atoms with E-state index in [9.17, 15) is 4.79 Å². The third-order valence-corrected chi connectivity index (χ3v) is 3.51. The van der Waals surface area contributed by atoms with E-state index in [1.54, 1.807) is 6.92 Å². The van der Waals surface area contributed by atoms with Crippen molar-refractivity contribution in [1.82, 2.24) is 0 Å². The number of para-hydroxylation sites is 1. The molecular formula is C18H18O4. The molecule has 3 rings (SSSR count). The smallest absolute Gasteiger partial charge is 0.347 e. The van der Waals surface area contributed by atoms with E-state index in [4.69, 9.17) is 14.2 Å². The van der Waals surface area contributed by atoms with Crippen LogP contribution >= 0.6 is 0 Å². The van der Waals surface area contributed by atoms with Crippen molar-refractivity contribution in [2.24, 2.45) is 0 Å². The lowest BCUT2D eigenvalue weighted by Crippen LogP contribution is -2.32. The Balaban J connectivity index is 1.72. The van der Waals surface area contributed by atoms with Crippen LogP contribution in [0.5, 0.6) is 17.2 Å². The lowest BCUT2D eigenvalue weighted by molar-refractivity contribution is -0.152. The molecule has 0 aromatic heterocycles. The minimum atomic E-state index is -0.506. The molecular weight excluding hydrogens is 280 g/mol. The summed E-state index contributed by atoms with van der Waals surface area (Å²) in [5.74, 6) is 1.99. The average Bonchev–Trinajstić information content (AvgIpc) is 2.55. The van der Waals surface area contributed by atoms with Gasteiger partial charge in [0.15, 0.2) is 6.10 Å². The summed E-state index contributed by atoms with van der Waals surface area (Å²) in [4.78, 5) is 11.7. The number of benzene rings is 2. The minimum absolute atomic E-state index is 0.294. The zero-order chi connectivity index (χ0) is 15.4. The first kappa shape index (κ1) is 14.4. The quantitative estimate of drug-likeness (QED) is 0.807. The van der Waals surface area contributed by atoms with Crippen LogP contribution in [0.3, 0.4) is 0 Å². The molecule has 0 unspecified atom stereocenters. The Hall–Kier alpha value is -2.49. The van der Waals surface area contributed by atoms with Gasteiger partial charge in [-0.05, 0) is 55.7 Å². The van der Waals surface area contributed by atoms with Gasteiger partial charge in [0.1, 0.15) is 17.2 Å². The number of aryl methyl sites for hydroxylation is 1. The normalized spacial score (nSPS) is 16.3. The van der Waals surface area contributed by atoms with Crippen LogP contribution in [0.2, 0.25) is 0 Å². The first-order chi connectivity index (χ1) is 10.8. The number of carbonyl (C=O) groups is 1. The van der Waals surface area contributed by atoms with E-state index in [1.807, 2.05) is 48.5 Å². The molecule has 0 aliphatic carbocycles. The summed E-state index contributed by atoms with van der Waals surface area (Å²) in [6.07, 6.45) is 0.888. The molecule has 0 saturated heterocycles. The highest BCUT2D eigenvalue weighted by Gasteiger charge is 2.27. The molecule has 1 aliphatic rings. The van der Waals surface area contributed by atoms with Crippen LogP contribution in [0.25, 0.3) is 0 Å². The van der Waals surface area contributed by atoms with Crippen molar-refractivity contribution in [2.45, 2.75) is 25.9 Å². The molecule has 0 bridgehead atoms. The Morgan fingerprint density at radius 1 is 1.18 bits per heavy atom. The zero-order valence-corrected chi connectivity index (χ0v) is 12.5. The van der Waals surface area contributed by atoms with Crippen molar-refractivity contribution in [3.8, 4) is 17.2 Å². The van der Waals surface area contributed by atoms with Crippen LogP contribution in [0.4, 0.5) is 0 Å². The van der Waals surface area contributed by atoms with Crippen LogP contribution in [0.15, 0.2) is 48.5 Å². The predicted octanol–water partition coefficient (Wildman–Crippen LogP) is 3.74. The highest BCUT2D eigenvalue weighted by atomic mass is 16.6. The number of carbonyl (C=O) groups excluding carboxylic acids is 1. The molecule has 2 aromatic carbocycles. The van der Waals surface area contributed by atoms with Crippen molar-refractivity contribution >= 4 is 5.97 Å². The van der Waals surface area contributed by atoms with Gasteiger partial charge in [-0.15, -0.1) is 0 Å². The summed E-state index contributed by atoms with van der Waals surface area (Å²) in [6, 6.07) is 15.3. The van der Waals surface area contributed by atoms with Gasteiger partial charge in [0.05, 0.1) is 6.61 Å². The molecule has 0 amide bonds. The molecule has 22 heavy (non-hydrogen) atoms. The van der Waals surface area contributed by atoms with Gasteiger partial charge in [0.25, 0.3) is 0 Å². The van der Waals surface area contributed by atoms with Crippen molar-refractivity contribution in [1.29, 1.82) is 0 Å². The molecule has 0 N–H and O–H groups in total. The number of esters is 1. The maximum atomic E-state index is 11.7. The predicted molar refractivity (Wildman–Crippen MR) is 82.3 cm³/mol. The van der Waals surface area contributed by atoms with Gasteiger partial charge in [-0.3, -0.25) is 0 Å². The largest absolute Gasteiger partial charge is 0.478 e. The van der Waals surface area contributed by atoms with Crippen molar-refractivity contribution in [3.63, 3.8) is 0 Å². The molecule has 1 aliphatic heterocycles. The number of hydrogen-bond donors (Lipinski definition) is 0. The van der Waals surface area contributed by atoms with Gasteiger partial charge < -0.3 is 14.2 Å². The van der Waals surface area contributed by atoms with Crippen LogP contribution in [-0.2, 0) is 16.0 Å². The number of fused-ring (bicyclic) bond motifs is 1. The molecule has 114 valence electrons. The Kier molecular flexibility index (Phi) is 4.28. The monoisotopic (exact) mass is 298 g/mol. The second kappa shape index (κ2) is 6.52. The zero-order valence-electron chi connectivity index (χ0n) is 12.5. The van der Waals surface area contributed by atoms with Crippen LogP contribution in [-0.4, -0.2) is 18.7 Å². The molecule has 2 aromatic rings. The topological polar surface area (TPSA) is 44.8 Å². The number of ether oxygens (including phenoxy) is 3. The first-order valence-corrected chi connectivity index (χ1v) is 7.45. The highest BCUT2D eigenvalue weighted by molar-refractivity contribution is 5.75. The van der Waals surface area contributed by atoms with Crippen LogP contribution in [0, 0.1) is 0 Å². The van der Waals surface area contributed by atoms with Crippen molar-refractivity contribution in [2.75, 3.05) is 6.61 Å². The molecule has 4 heteroatoms. The number of hydrogen-bond acceptors (Lipinski definition) is 4. The Bertz CT molecular complexity index is 651. The summed E-state index contributed by atoms with van der Waals surface area (Å²) in [5.41, 5.74) is 1.05. The second-order valence-corrected chi connectivity index (χ2v) is 5.08. The molecule has 4 nitrogen and oxygen atoms in total. The summed E-state index contributed by atoms with van der Waals surface area (Å²) in [7, 11) is 0. The van der Waals surface area contributed by atoms with E-state index >= 15 is 0 Å². The van der Waals surface area contributed by atoms with E-state index in [1.165, 1.54) is 0 Å². The molecule has 0 fully saturated rings. The summed E-state index contributed by atoms with van der Waals surface area (Å²) >= 11 is 0. The lowest BCUT2D eigenvalue weighted by atomic mass is 10.0. The van der Waals surface area contributed by atoms with Crippen molar-refractivity contribution < 1.29 is 19.0 Å². The van der Waals surface area contributed by atoms with Gasteiger partial charge in [-0.2, -0.15) is 0 Å².